The summed E-state index contributed by atoms with van der Waals surface area (Å²) in [7, 11) is 0. The van der Waals surface area contributed by atoms with Crippen molar-refractivity contribution in [1.82, 2.24) is 14.7 Å². The molecule has 0 saturated carbocycles. The molecule has 0 N–H and O–H groups in total. The average Bonchev–Trinajstić information content (AvgIpc) is 3.05. The highest BCUT2D eigenvalue weighted by atomic mass is 16.6. The third-order valence-electron chi connectivity index (χ3n) is 3.85. The van der Waals surface area contributed by atoms with Gasteiger partial charge in [-0.15, -0.1) is 0 Å². The van der Waals surface area contributed by atoms with E-state index >= 15 is 0 Å². The van der Waals surface area contributed by atoms with Gasteiger partial charge in [0.1, 0.15) is 5.69 Å². The lowest BCUT2D eigenvalue weighted by Crippen LogP contribution is -2.30. The van der Waals surface area contributed by atoms with Crippen molar-refractivity contribution in [2.24, 2.45) is 0 Å². The van der Waals surface area contributed by atoms with Gasteiger partial charge in [0.2, 0.25) is 0 Å². The van der Waals surface area contributed by atoms with E-state index in [4.69, 9.17) is 5.26 Å². The van der Waals surface area contributed by atoms with E-state index in [0.29, 0.717) is 36.5 Å². The van der Waals surface area contributed by atoms with Crippen molar-refractivity contribution in [3.63, 3.8) is 0 Å². The molecule has 0 atom stereocenters. The second kappa shape index (κ2) is 8.06. The molecular formula is C17H19N5O3. The zero-order valence-electron chi connectivity index (χ0n) is 14.2. The monoisotopic (exact) mass is 341 g/mol. The van der Waals surface area contributed by atoms with Crippen LogP contribution in [0.1, 0.15) is 30.6 Å². The summed E-state index contributed by atoms with van der Waals surface area (Å²) in [5.41, 5.74) is 1.49. The lowest BCUT2D eigenvalue weighted by atomic mass is 10.1. The molecular weight excluding hydrogens is 322 g/mol. The van der Waals surface area contributed by atoms with E-state index in [1.54, 1.807) is 27.9 Å². The number of nitro benzene ring substituents is 1. The van der Waals surface area contributed by atoms with Gasteiger partial charge in [0.05, 0.1) is 29.5 Å². The van der Waals surface area contributed by atoms with Crippen molar-refractivity contribution in [1.29, 1.82) is 5.26 Å². The first-order valence-electron chi connectivity index (χ1n) is 8.00. The van der Waals surface area contributed by atoms with Gasteiger partial charge in [-0.25, -0.2) is 0 Å². The smallest absolute Gasteiger partial charge is 0.269 e. The number of aromatic nitrogens is 2. The maximum atomic E-state index is 12.8. The molecule has 0 unspecified atom stereocenters. The Morgan fingerprint density at radius 3 is 2.48 bits per heavy atom. The van der Waals surface area contributed by atoms with Crippen LogP contribution in [0.2, 0.25) is 0 Å². The first-order chi connectivity index (χ1) is 12.0. The van der Waals surface area contributed by atoms with E-state index in [1.165, 1.54) is 12.1 Å². The van der Waals surface area contributed by atoms with Crippen molar-refractivity contribution in [2.45, 2.75) is 26.8 Å². The van der Waals surface area contributed by atoms with Gasteiger partial charge in [0.25, 0.3) is 11.6 Å². The van der Waals surface area contributed by atoms with Gasteiger partial charge in [0, 0.05) is 37.0 Å². The lowest BCUT2D eigenvalue weighted by Gasteiger charge is -2.18. The standard InChI is InChI=1S/C17H19N5O3/c1-3-20(4-2)17(23)15-12-21(11-5-10-18)19-16(15)13-6-8-14(9-7-13)22(24)25/h6-9,12H,3-5,11H2,1-2H3. The number of benzene rings is 1. The fourth-order valence-corrected chi connectivity index (χ4v) is 2.49. The molecule has 0 saturated heterocycles. The number of hydrogen-bond acceptors (Lipinski definition) is 5. The van der Waals surface area contributed by atoms with Crippen LogP contribution in [0.25, 0.3) is 11.3 Å². The molecule has 130 valence electrons. The minimum absolute atomic E-state index is 0.0238. The number of carbonyl (C=O) groups is 1. The molecule has 0 aliphatic carbocycles. The number of carbonyl (C=O) groups excluding carboxylic acids is 1. The number of non-ortho nitro benzene ring substituents is 1. The fourth-order valence-electron chi connectivity index (χ4n) is 2.49. The Hall–Kier alpha value is -3.21. The van der Waals surface area contributed by atoms with Crippen molar-refractivity contribution in [2.75, 3.05) is 13.1 Å². The van der Waals surface area contributed by atoms with Crippen LogP contribution < -0.4 is 0 Å². The first-order valence-corrected chi connectivity index (χ1v) is 8.00. The molecule has 1 heterocycles. The summed E-state index contributed by atoms with van der Waals surface area (Å²) in [6, 6.07) is 7.97. The Morgan fingerprint density at radius 1 is 1.32 bits per heavy atom. The number of nitro groups is 1. The minimum Gasteiger partial charge on any atom is -0.339 e. The fraction of sp³-hybridized carbons (Fsp3) is 0.353. The van der Waals surface area contributed by atoms with Gasteiger partial charge < -0.3 is 4.90 Å². The Bertz CT molecular complexity index is 801. The predicted octanol–water partition coefficient (Wildman–Crippen LogP) is 2.85. The summed E-state index contributed by atoms with van der Waals surface area (Å²) in [5.74, 6) is -0.151. The van der Waals surface area contributed by atoms with Crippen molar-refractivity contribution < 1.29 is 9.72 Å². The van der Waals surface area contributed by atoms with Crippen LogP contribution in [0.15, 0.2) is 30.5 Å². The van der Waals surface area contributed by atoms with Crippen molar-refractivity contribution in [3.05, 3.63) is 46.1 Å². The number of nitrogens with zero attached hydrogens (tertiary/aromatic N) is 5. The molecule has 0 spiro atoms. The summed E-state index contributed by atoms with van der Waals surface area (Å²) in [5, 5.41) is 24.0. The Morgan fingerprint density at radius 2 is 1.96 bits per heavy atom. The summed E-state index contributed by atoms with van der Waals surface area (Å²) in [4.78, 5) is 24.8. The van der Waals surface area contributed by atoms with E-state index in [9.17, 15) is 14.9 Å². The molecule has 8 heteroatoms. The first kappa shape index (κ1) is 18.1. The van der Waals surface area contributed by atoms with Crippen LogP contribution in [0, 0.1) is 21.4 Å². The van der Waals surface area contributed by atoms with Crippen LogP contribution in [-0.4, -0.2) is 38.6 Å². The van der Waals surface area contributed by atoms with E-state index < -0.39 is 4.92 Å². The SMILES string of the molecule is CCN(CC)C(=O)c1cn(CCC#N)nc1-c1ccc([N+](=O)[O-])cc1. The van der Waals surface area contributed by atoms with Gasteiger partial charge in [-0.2, -0.15) is 10.4 Å². The third kappa shape index (κ3) is 4.01. The molecule has 2 rings (SSSR count). The normalized spacial score (nSPS) is 10.3. The second-order valence-corrected chi connectivity index (χ2v) is 5.34. The molecule has 0 fully saturated rings. The molecule has 25 heavy (non-hydrogen) atoms. The zero-order valence-corrected chi connectivity index (χ0v) is 14.2. The minimum atomic E-state index is -0.475. The molecule has 2 aromatic rings. The van der Waals surface area contributed by atoms with Gasteiger partial charge >= 0.3 is 0 Å². The predicted molar refractivity (Wildman–Crippen MR) is 91.8 cm³/mol. The van der Waals surface area contributed by atoms with E-state index in [1.807, 2.05) is 19.9 Å². The summed E-state index contributed by atoms with van der Waals surface area (Å²) in [6.45, 7) is 5.30. The van der Waals surface area contributed by atoms with Gasteiger partial charge in [0.15, 0.2) is 0 Å². The number of rotatable bonds is 7. The summed E-state index contributed by atoms with van der Waals surface area (Å²) >= 11 is 0. The molecule has 0 radical (unpaired) electrons. The largest absolute Gasteiger partial charge is 0.339 e. The van der Waals surface area contributed by atoms with Crippen LogP contribution in [0.3, 0.4) is 0 Å². The number of aryl methyl sites for hydroxylation is 1. The second-order valence-electron chi connectivity index (χ2n) is 5.34. The van der Waals surface area contributed by atoms with Crippen LogP contribution in [0.4, 0.5) is 5.69 Å². The molecule has 0 bridgehead atoms. The van der Waals surface area contributed by atoms with Gasteiger partial charge in [-0.1, -0.05) is 0 Å². The lowest BCUT2D eigenvalue weighted by molar-refractivity contribution is -0.384. The third-order valence-corrected chi connectivity index (χ3v) is 3.85. The van der Waals surface area contributed by atoms with E-state index in [0.717, 1.165) is 0 Å². The quantitative estimate of drug-likeness (QED) is 0.569. The highest BCUT2D eigenvalue weighted by Gasteiger charge is 2.22. The average molecular weight is 341 g/mol. The Labute approximate surface area is 145 Å². The summed E-state index contributed by atoms with van der Waals surface area (Å²) < 4.78 is 1.57. The highest BCUT2D eigenvalue weighted by molar-refractivity contribution is 5.99. The maximum Gasteiger partial charge on any atom is 0.269 e. The molecule has 8 nitrogen and oxygen atoms in total. The van der Waals surface area contributed by atoms with Crippen molar-refractivity contribution >= 4 is 11.6 Å². The molecule has 0 aliphatic heterocycles. The molecule has 1 aromatic heterocycles. The molecule has 1 aromatic carbocycles. The van der Waals surface area contributed by atoms with Crippen LogP contribution in [0.5, 0.6) is 0 Å². The Kier molecular flexibility index (Phi) is 5.84. The zero-order chi connectivity index (χ0) is 18.4. The number of hydrogen-bond donors (Lipinski definition) is 0. The maximum absolute atomic E-state index is 12.8. The molecule has 1 amide bonds. The summed E-state index contributed by atoms with van der Waals surface area (Å²) in [6.07, 6.45) is 1.91. The molecule has 0 aliphatic rings. The topological polar surface area (TPSA) is 105 Å². The van der Waals surface area contributed by atoms with Crippen molar-refractivity contribution in [3.8, 4) is 17.3 Å². The van der Waals surface area contributed by atoms with E-state index in [-0.39, 0.29) is 18.0 Å². The highest BCUT2D eigenvalue weighted by Crippen LogP contribution is 2.25. The van der Waals surface area contributed by atoms with Crippen LogP contribution >= 0.6 is 0 Å². The number of amides is 1. The van der Waals surface area contributed by atoms with Gasteiger partial charge in [-0.05, 0) is 26.0 Å². The van der Waals surface area contributed by atoms with E-state index in [2.05, 4.69) is 5.10 Å². The van der Waals surface area contributed by atoms with Crippen LogP contribution in [-0.2, 0) is 6.54 Å². The van der Waals surface area contributed by atoms with Gasteiger partial charge in [-0.3, -0.25) is 19.6 Å². The Balaban J connectivity index is 2.47. The number of nitriles is 1.